The van der Waals surface area contributed by atoms with Gasteiger partial charge in [0.1, 0.15) is 18.1 Å². The van der Waals surface area contributed by atoms with Gasteiger partial charge in [-0.05, 0) is 30.3 Å². The van der Waals surface area contributed by atoms with Gasteiger partial charge in [-0.15, -0.1) is 0 Å². The second-order valence-corrected chi connectivity index (χ2v) is 7.96. The number of rotatable bonds is 7. The molecular weight excluding hydrogens is 442 g/mol. The van der Waals surface area contributed by atoms with Crippen molar-refractivity contribution in [3.8, 4) is 22.7 Å². The van der Waals surface area contributed by atoms with Gasteiger partial charge in [0.25, 0.3) is 5.91 Å². The Hall–Kier alpha value is -4.85. The Morgan fingerprint density at radius 2 is 1.69 bits per heavy atom. The summed E-state index contributed by atoms with van der Waals surface area (Å²) < 4.78 is 8.90. The van der Waals surface area contributed by atoms with Crippen molar-refractivity contribution in [1.29, 1.82) is 0 Å². The van der Waals surface area contributed by atoms with Crippen LogP contribution in [-0.2, 0) is 11.3 Å². The third-order valence-electron chi connectivity index (χ3n) is 5.73. The van der Waals surface area contributed by atoms with E-state index in [0.29, 0.717) is 28.2 Å². The van der Waals surface area contributed by atoms with Crippen LogP contribution in [0.3, 0.4) is 0 Å². The molecule has 2 aromatic heterocycles. The van der Waals surface area contributed by atoms with Gasteiger partial charge in [0.15, 0.2) is 0 Å². The van der Waals surface area contributed by atoms with Gasteiger partial charge >= 0.3 is 0 Å². The molecule has 8 nitrogen and oxygen atoms in total. The number of carbonyl (C=O) groups excluding carboxylic acids is 2. The van der Waals surface area contributed by atoms with Crippen molar-refractivity contribution < 1.29 is 14.3 Å². The summed E-state index contributed by atoms with van der Waals surface area (Å²) in [6, 6.07) is 26.3. The number of aromatic nitrogens is 3. The van der Waals surface area contributed by atoms with Crippen LogP contribution in [0, 0.1) is 0 Å². The maximum Gasteiger partial charge on any atom is 0.250 e. The molecule has 174 valence electrons. The summed E-state index contributed by atoms with van der Waals surface area (Å²) in [6.45, 7) is -0.00223. The number of nitrogens with one attached hydrogen (secondary N) is 1. The molecule has 3 aromatic carbocycles. The van der Waals surface area contributed by atoms with Crippen LogP contribution in [0.1, 0.15) is 10.4 Å². The molecule has 5 rings (SSSR count). The van der Waals surface area contributed by atoms with Crippen LogP contribution in [0.25, 0.3) is 27.8 Å². The summed E-state index contributed by atoms with van der Waals surface area (Å²) in [6.07, 6.45) is 1.61. The number of para-hydroxylation sites is 3. The van der Waals surface area contributed by atoms with Crippen LogP contribution in [0.2, 0.25) is 0 Å². The van der Waals surface area contributed by atoms with E-state index in [1.54, 1.807) is 22.6 Å². The van der Waals surface area contributed by atoms with Gasteiger partial charge in [0.2, 0.25) is 5.91 Å². The average molecular weight is 466 g/mol. The predicted molar refractivity (Wildman–Crippen MR) is 135 cm³/mol. The molecule has 8 heteroatoms. The van der Waals surface area contributed by atoms with E-state index in [1.165, 1.54) is 0 Å². The van der Waals surface area contributed by atoms with Gasteiger partial charge in [-0.2, -0.15) is 5.10 Å². The molecule has 0 radical (unpaired) electrons. The first-order valence-electron chi connectivity index (χ1n) is 11.0. The predicted octanol–water partition coefficient (Wildman–Crippen LogP) is 4.24. The van der Waals surface area contributed by atoms with Crippen LogP contribution in [0.15, 0.2) is 91.1 Å². The zero-order valence-electron chi connectivity index (χ0n) is 19.0. The summed E-state index contributed by atoms with van der Waals surface area (Å²) in [4.78, 5) is 25.0. The lowest BCUT2D eigenvalue weighted by Gasteiger charge is -2.10. The zero-order chi connectivity index (χ0) is 24.4. The molecule has 0 aliphatic rings. The summed E-state index contributed by atoms with van der Waals surface area (Å²) >= 11 is 0. The quantitative estimate of drug-likeness (QED) is 0.375. The molecule has 5 aromatic rings. The summed E-state index contributed by atoms with van der Waals surface area (Å²) in [5, 5.41) is 8.43. The number of methoxy groups -OCH3 is 1. The van der Waals surface area contributed by atoms with Crippen molar-refractivity contribution in [2.45, 2.75) is 6.54 Å². The fourth-order valence-corrected chi connectivity index (χ4v) is 4.14. The number of carbonyl (C=O) groups is 2. The number of amides is 2. The largest absolute Gasteiger partial charge is 0.496 e. The molecule has 0 bridgehead atoms. The van der Waals surface area contributed by atoms with Crippen molar-refractivity contribution in [3.05, 3.63) is 96.7 Å². The lowest BCUT2D eigenvalue weighted by atomic mass is 10.1. The topological polar surface area (TPSA) is 104 Å². The maximum absolute atomic E-state index is 13.1. The number of hydrogen-bond acceptors (Lipinski definition) is 4. The highest BCUT2D eigenvalue weighted by Crippen LogP contribution is 2.31. The molecule has 3 N–H and O–H groups in total. The molecular formula is C27H23N5O3. The smallest absolute Gasteiger partial charge is 0.250 e. The van der Waals surface area contributed by atoms with Crippen molar-refractivity contribution in [3.63, 3.8) is 0 Å². The van der Waals surface area contributed by atoms with E-state index in [1.807, 2.05) is 84.9 Å². The number of hydrogen-bond donors (Lipinski definition) is 2. The second kappa shape index (κ2) is 9.18. The lowest BCUT2D eigenvalue weighted by Crippen LogP contribution is -2.20. The molecule has 0 aliphatic heterocycles. The second-order valence-electron chi connectivity index (χ2n) is 7.96. The van der Waals surface area contributed by atoms with Crippen molar-refractivity contribution in [2.75, 3.05) is 12.4 Å². The summed E-state index contributed by atoms with van der Waals surface area (Å²) in [5.41, 5.74) is 8.93. The Bertz CT molecular complexity index is 1540. The first-order chi connectivity index (χ1) is 17.0. The van der Waals surface area contributed by atoms with Crippen molar-refractivity contribution in [1.82, 2.24) is 14.3 Å². The van der Waals surface area contributed by atoms with Gasteiger partial charge in [-0.25, -0.2) is 4.68 Å². The molecule has 0 saturated heterocycles. The van der Waals surface area contributed by atoms with Crippen molar-refractivity contribution in [2.24, 2.45) is 5.73 Å². The molecule has 0 spiro atoms. The van der Waals surface area contributed by atoms with Crippen LogP contribution >= 0.6 is 0 Å². The first-order valence-corrected chi connectivity index (χ1v) is 11.0. The number of benzene rings is 3. The molecule has 35 heavy (non-hydrogen) atoms. The van der Waals surface area contributed by atoms with Crippen LogP contribution in [0.4, 0.5) is 5.82 Å². The zero-order valence-corrected chi connectivity index (χ0v) is 19.0. The average Bonchev–Trinajstić information content (AvgIpc) is 3.46. The highest BCUT2D eigenvalue weighted by atomic mass is 16.5. The van der Waals surface area contributed by atoms with Gasteiger partial charge in [0, 0.05) is 28.7 Å². The normalized spacial score (nSPS) is 10.9. The molecule has 2 heterocycles. The number of nitrogens with zero attached hydrogens (tertiary/aromatic N) is 3. The fourth-order valence-electron chi connectivity index (χ4n) is 4.14. The van der Waals surface area contributed by atoms with E-state index < -0.39 is 5.91 Å². The molecule has 0 unspecified atom stereocenters. The monoisotopic (exact) mass is 465 g/mol. The van der Waals surface area contributed by atoms with Crippen LogP contribution < -0.4 is 15.8 Å². The van der Waals surface area contributed by atoms with Crippen LogP contribution in [0.5, 0.6) is 5.75 Å². The number of ether oxygens (including phenoxy) is 1. The molecule has 0 atom stereocenters. The fraction of sp³-hybridized carbons (Fsp3) is 0.0741. The third kappa shape index (κ3) is 4.24. The molecule has 0 saturated carbocycles. The van der Waals surface area contributed by atoms with Gasteiger partial charge < -0.3 is 20.4 Å². The van der Waals surface area contributed by atoms with E-state index in [4.69, 9.17) is 15.6 Å². The highest BCUT2D eigenvalue weighted by molar-refractivity contribution is 6.06. The summed E-state index contributed by atoms with van der Waals surface area (Å²) in [7, 11) is 1.61. The van der Waals surface area contributed by atoms with E-state index in [2.05, 4.69) is 5.32 Å². The van der Waals surface area contributed by atoms with E-state index in [-0.39, 0.29) is 12.5 Å². The van der Waals surface area contributed by atoms with Gasteiger partial charge in [0.05, 0.1) is 24.1 Å². The van der Waals surface area contributed by atoms with Gasteiger partial charge in [-0.3, -0.25) is 9.59 Å². The van der Waals surface area contributed by atoms with Crippen molar-refractivity contribution >= 4 is 28.5 Å². The molecule has 2 amide bonds. The Balaban J connectivity index is 1.50. The Morgan fingerprint density at radius 1 is 0.971 bits per heavy atom. The van der Waals surface area contributed by atoms with E-state index in [9.17, 15) is 9.59 Å². The Labute approximate surface area is 201 Å². The number of fused-ring (bicyclic) bond motifs is 1. The number of primary amides is 1. The number of nitrogens with two attached hydrogens (primary N) is 1. The highest BCUT2D eigenvalue weighted by Gasteiger charge is 2.18. The van der Waals surface area contributed by atoms with Crippen LogP contribution in [-0.4, -0.2) is 33.3 Å². The summed E-state index contributed by atoms with van der Waals surface area (Å²) in [5.74, 6) is 0.379. The third-order valence-corrected chi connectivity index (χ3v) is 5.73. The lowest BCUT2D eigenvalue weighted by molar-refractivity contribution is -0.116. The SMILES string of the molecule is COc1ccccc1-c1cc(NC(=O)Cn2cc(C(N)=O)c3ccccc32)n(-c2ccccc2)n1. The minimum Gasteiger partial charge on any atom is -0.496 e. The number of anilines is 1. The standard InChI is InChI=1S/C27H23N5O3/c1-35-24-14-8-6-12-20(24)22-15-25(32(30-22)18-9-3-2-4-10-18)29-26(33)17-31-16-21(27(28)34)19-11-5-7-13-23(19)31/h2-16H,17H2,1H3,(H2,28,34)(H,29,33). The molecule has 0 aliphatic carbocycles. The van der Waals surface area contributed by atoms with Gasteiger partial charge in [-0.1, -0.05) is 48.5 Å². The first kappa shape index (κ1) is 22.0. The van der Waals surface area contributed by atoms with E-state index in [0.717, 1.165) is 16.8 Å². The maximum atomic E-state index is 13.1. The Morgan fingerprint density at radius 3 is 2.46 bits per heavy atom. The van der Waals surface area contributed by atoms with E-state index >= 15 is 0 Å². The minimum atomic E-state index is -0.538. The Kier molecular flexibility index (Phi) is 5.76. The minimum absolute atomic E-state index is 0.00223. The molecule has 0 fully saturated rings.